The minimum absolute atomic E-state index is 0.426. The Morgan fingerprint density at radius 2 is 2.05 bits per heavy atom. The lowest BCUT2D eigenvalue weighted by Crippen LogP contribution is -2.13. The smallest absolute Gasteiger partial charge is 0.213 e. The number of ether oxygens (including phenoxy) is 1. The van der Waals surface area contributed by atoms with Crippen LogP contribution in [-0.4, -0.2) is 11.5 Å². The highest BCUT2D eigenvalue weighted by atomic mass is 35.5. The number of aromatic nitrogens is 1. The highest BCUT2D eigenvalue weighted by Gasteiger charge is 2.05. The van der Waals surface area contributed by atoms with Crippen molar-refractivity contribution in [2.45, 2.75) is 20.1 Å². The van der Waals surface area contributed by atoms with E-state index in [1.54, 1.807) is 12.1 Å². The van der Waals surface area contributed by atoms with E-state index in [0.29, 0.717) is 29.1 Å². The van der Waals surface area contributed by atoms with E-state index in [1.807, 2.05) is 31.2 Å². The molecule has 0 aliphatic carbocycles. The summed E-state index contributed by atoms with van der Waals surface area (Å²) < 4.78 is 5.67. The summed E-state index contributed by atoms with van der Waals surface area (Å²) in [7, 11) is 0. The van der Waals surface area contributed by atoms with Crippen LogP contribution in [0.25, 0.3) is 0 Å². The second-order valence-electron chi connectivity index (χ2n) is 4.28. The molecule has 0 saturated carbocycles. The van der Waals surface area contributed by atoms with Crippen molar-refractivity contribution < 1.29 is 4.74 Å². The van der Waals surface area contributed by atoms with Crippen LogP contribution in [-0.2, 0) is 13.2 Å². The van der Waals surface area contributed by atoms with Gasteiger partial charge in [-0.05, 0) is 30.3 Å². The van der Waals surface area contributed by atoms with Gasteiger partial charge in [0.25, 0.3) is 0 Å². The van der Waals surface area contributed by atoms with Crippen molar-refractivity contribution in [2.75, 3.05) is 6.54 Å². The summed E-state index contributed by atoms with van der Waals surface area (Å²) in [5.41, 5.74) is 1.79. The lowest BCUT2D eigenvalue weighted by Gasteiger charge is -2.09. The standard InChI is InChI=1S/C15H16Cl2N2O/c1-2-18-9-14-13(17)6-7-15(19-14)20-10-11-4-3-5-12(16)8-11/h3-8,18H,2,9-10H2,1H3. The van der Waals surface area contributed by atoms with Gasteiger partial charge in [-0.1, -0.05) is 42.3 Å². The van der Waals surface area contributed by atoms with Crippen LogP contribution in [0.2, 0.25) is 10.0 Å². The molecule has 2 aromatic rings. The van der Waals surface area contributed by atoms with Gasteiger partial charge < -0.3 is 10.1 Å². The number of nitrogens with one attached hydrogen (secondary N) is 1. The highest BCUT2D eigenvalue weighted by molar-refractivity contribution is 6.31. The van der Waals surface area contributed by atoms with Crippen molar-refractivity contribution in [3.8, 4) is 5.88 Å². The van der Waals surface area contributed by atoms with Crippen LogP contribution >= 0.6 is 23.2 Å². The zero-order valence-corrected chi connectivity index (χ0v) is 12.7. The molecule has 1 aromatic carbocycles. The third-order valence-corrected chi connectivity index (χ3v) is 3.29. The fourth-order valence-corrected chi connectivity index (χ4v) is 2.08. The SMILES string of the molecule is CCNCc1nc(OCc2cccc(Cl)c2)ccc1Cl. The van der Waals surface area contributed by atoms with Gasteiger partial charge in [-0.3, -0.25) is 0 Å². The molecule has 2 rings (SSSR count). The fraction of sp³-hybridized carbons (Fsp3) is 0.267. The lowest BCUT2D eigenvalue weighted by atomic mass is 10.2. The first-order chi connectivity index (χ1) is 9.69. The quantitative estimate of drug-likeness (QED) is 0.873. The first-order valence-corrected chi connectivity index (χ1v) is 7.18. The number of nitrogens with zero attached hydrogens (tertiary/aromatic N) is 1. The van der Waals surface area contributed by atoms with Gasteiger partial charge in [-0.15, -0.1) is 0 Å². The number of pyridine rings is 1. The molecule has 0 saturated heterocycles. The summed E-state index contributed by atoms with van der Waals surface area (Å²) in [6.45, 7) is 3.96. The fourth-order valence-electron chi connectivity index (χ4n) is 1.70. The Morgan fingerprint density at radius 1 is 1.20 bits per heavy atom. The van der Waals surface area contributed by atoms with Crippen LogP contribution in [0.3, 0.4) is 0 Å². The van der Waals surface area contributed by atoms with Crippen LogP contribution in [0.15, 0.2) is 36.4 Å². The Kier molecular flexibility index (Phi) is 5.65. The van der Waals surface area contributed by atoms with Crippen molar-refractivity contribution in [1.82, 2.24) is 10.3 Å². The van der Waals surface area contributed by atoms with E-state index in [4.69, 9.17) is 27.9 Å². The summed E-state index contributed by atoms with van der Waals surface area (Å²) in [5, 5.41) is 4.53. The maximum absolute atomic E-state index is 6.09. The van der Waals surface area contributed by atoms with E-state index in [2.05, 4.69) is 10.3 Å². The van der Waals surface area contributed by atoms with Crippen LogP contribution in [0, 0.1) is 0 Å². The van der Waals surface area contributed by atoms with Crippen LogP contribution in [0.4, 0.5) is 0 Å². The van der Waals surface area contributed by atoms with E-state index in [1.165, 1.54) is 0 Å². The molecule has 20 heavy (non-hydrogen) atoms. The van der Waals surface area contributed by atoms with E-state index in [-0.39, 0.29) is 0 Å². The molecule has 0 fully saturated rings. The van der Waals surface area contributed by atoms with Crippen molar-refractivity contribution in [3.63, 3.8) is 0 Å². The van der Waals surface area contributed by atoms with E-state index >= 15 is 0 Å². The van der Waals surface area contributed by atoms with Gasteiger partial charge >= 0.3 is 0 Å². The zero-order chi connectivity index (χ0) is 14.4. The second kappa shape index (κ2) is 7.48. The van der Waals surface area contributed by atoms with Crippen LogP contribution < -0.4 is 10.1 Å². The first-order valence-electron chi connectivity index (χ1n) is 6.42. The number of rotatable bonds is 6. The third kappa shape index (κ3) is 4.37. The molecular formula is C15H16Cl2N2O. The largest absolute Gasteiger partial charge is 0.473 e. The molecule has 5 heteroatoms. The molecule has 0 unspecified atom stereocenters. The summed E-state index contributed by atoms with van der Waals surface area (Å²) in [6.07, 6.45) is 0. The van der Waals surface area contributed by atoms with Gasteiger partial charge in [0, 0.05) is 17.6 Å². The molecule has 0 aliphatic heterocycles. The van der Waals surface area contributed by atoms with Gasteiger partial charge in [-0.2, -0.15) is 0 Å². The molecule has 1 N–H and O–H groups in total. The molecular weight excluding hydrogens is 295 g/mol. The Hall–Kier alpha value is -1.29. The Labute approximate surface area is 128 Å². The minimum Gasteiger partial charge on any atom is -0.473 e. The van der Waals surface area contributed by atoms with E-state index in [9.17, 15) is 0 Å². The van der Waals surface area contributed by atoms with Crippen LogP contribution in [0.1, 0.15) is 18.2 Å². The van der Waals surface area contributed by atoms with E-state index < -0.39 is 0 Å². The summed E-state index contributed by atoms with van der Waals surface area (Å²) in [4.78, 5) is 4.40. The Bertz CT molecular complexity index is 576. The van der Waals surface area contributed by atoms with Crippen molar-refractivity contribution in [1.29, 1.82) is 0 Å². The summed E-state index contributed by atoms with van der Waals surface area (Å²) >= 11 is 12.0. The van der Waals surface area contributed by atoms with Crippen molar-refractivity contribution >= 4 is 23.2 Å². The number of benzene rings is 1. The van der Waals surface area contributed by atoms with Gasteiger partial charge in [0.1, 0.15) is 6.61 Å². The van der Waals surface area contributed by atoms with Gasteiger partial charge in [-0.25, -0.2) is 4.98 Å². The summed E-state index contributed by atoms with van der Waals surface area (Å²) in [6, 6.07) is 11.1. The molecule has 0 amide bonds. The zero-order valence-electron chi connectivity index (χ0n) is 11.2. The maximum atomic E-state index is 6.09. The second-order valence-corrected chi connectivity index (χ2v) is 5.12. The molecule has 0 radical (unpaired) electrons. The lowest BCUT2D eigenvalue weighted by molar-refractivity contribution is 0.293. The Balaban J connectivity index is 2.02. The normalized spacial score (nSPS) is 10.6. The summed E-state index contributed by atoms with van der Waals surface area (Å²) in [5.74, 6) is 0.558. The third-order valence-electron chi connectivity index (χ3n) is 2.71. The minimum atomic E-state index is 0.426. The van der Waals surface area contributed by atoms with Gasteiger partial charge in [0.05, 0.1) is 10.7 Å². The maximum Gasteiger partial charge on any atom is 0.213 e. The topological polar surface area (TPSA) is 34.2 Å². The molecule has 0 spiro atoms. The average Bonchev–Trinajstić information content (AvgIpc) is 2.45. The molecule has 0 atom stereocenters. The predicted molar refractivity (Wildman–Crippen MR) is 82.4 cm³/mol. The number of hydrogen-bond acceptors (Lipinski definition) is 3. The van der Waals surface area contributed by atoms with Crippen molar-refractivity contribution in [3.05, 3.63) is 57.7 Å². The van der Waals surface area contributed by atoms with Crippen molar-refractivity contribution in [2.24, 2.45) is 0 Å². The molecule has 1 heterocycles. The van der Waals surface area contributed by atoms with E-state index in [0.717, 1.165) is 17.8 Å². The van der Waals surface area contributed by atoms with Gasteiger partial charge in [0.2, 0.25) is 5.88 Å². The molecule has 3 nitrogen and oxygen atoms in total. The number of hydrogen-bond donors (Lipinski definition) is 1. The number of halogens is 2. The monoisotopic (exact) mass is 310 g/mol. The first kappa shape index (κ1) is 15.1. The molecule has 106 valence electrons. The molecule has 0 aliphatic rings. The average molecular weight is 311 g/mol. The predicted octanol–water partition coefficient (Wildman–Crippen LogP) is 4.08. The Morgan fingerprint density at radius 3 is 2.80 bits per heavy atom. The van der Waals surface area contributed by atoms with Crippen LogP contribution in [0.5, 0.6) is 5.88 Å². The van der Waals surface area contributed by atoms with Gasteiger partial charge in [0.15, 0.2) is 0 Å². The highest BCUT2D eigenvalue weighted by Crippen LogP contribution is 2.19. The molecule has 1 aromatic heterocycles. The molecule has 0 bridgehead atoms.